The fourth-order valence-corrected chi connectivity index (χ4v) is 1.52. The summed E-state index contributed by atoms with van der Waals surface area (Å²) < 4.78 is 0. The standard InChI is InChI=1S/C13H28N2O2/c1-6-10(15-12(17)7-2)11(16)8-14-9-13(3,4)5/h10-11,14,16H,6-9H2,1-5H3,(H,15,17)/t10-,11?/m1/s1. The molecule has 0 spiro atoms. The van der Waals surface area contributed by atoms with Crippen LogP contribution in [0.4, 0.5) is 0 Å². The lowest BCUT2D eigenvalue weighted by Gasteiger charge is -2.25. The number of carbonyl (C=O) groups is 1. The van der Waals surface area contributed by atoms with Crippen LogP contribution in [-0.4, -0.2) is 36.2 Å². The lowest BCUT2D eigenvalue weighted by atomic mass is 9.97. The highest BCUT2D eigenvalue weighted by atomic mass is 16.3. The van der Waals surface area contributed by atoms with Gasteiger partial charge in [-0.1, -0.05) is 34.6 Å². The van der Waals surface area contributed by atoms with E-state index in [1.54, 1.807) is 0 Å². The Labute approximate surface area is 105 Å². The summed E-state index contributed by atoms with van der Waals surface area (Å²) in [6.07, 6.45) is 0.667. The van der Waals surface area contributed by atoms with Crippen LogP contribution in [0.3, 0.4) is 0 Å². The lowest BCUT2D eigenvalue weighted by molar-refractivity contribution is -0.122. The molecule has 0 rings (SSSR count). The number of rotatable bonds is 7. The van der Waals surface area contributed by atoms with Gasteiger partial charge in [-0.2, -0.15) is 0 Å². The summed E-state index contributed by atoms with van der Waals surface area (Å²) in [6.45, 7) is 11.6. The Kier molecular flexibility index (Phi) is 7.39. The van der Waals surface area contributed by atoms with Crippen LogP contribution >= 0.6 is 0 Å². The van der Waals surface area contributed by atoms with Crippen LogP contribution in [0.5, 0.6) is 0 Å². The molecule has 0 saturated heterocycles. The minimum Gasteiger partial charge on any atom is -0.390 e. The molecule has 0 aromatic heterocycles. The molecule has 1 amide bonds. The molecule has 4 heteroatoms. The maximum Gasteiger partial charge on any atom is 0.220 e. The van der Waals surface area contributed by atoms with Crippen molar-refractivity contribution in [2.24, 2.45) is 5.41 Å². The van der Waals surface area contributed by atoms with Crippen LogP contribution in [0, 0.1) is 5.41 Å². The molecule has 4 nitrogen and oxygen atoms in total. The fourth-order valence-electron chi connectivity index (χ4n) is 1.52. The van der Waals surface area contributed by atoms with Gasteiger partial charge in [-0.05, 0) is 11.8 Å². The zero-order valence-electron chi connectivity index (χ0n) is 11.8. The summed E-state index contributed by atoms with van der Waals surface area (Å²) in [5, 5.41) is 16.0. The predicted molar refractivity (Wildman–Crippen MR) is 70.8 cm³/mol. The van der Waals surface area contributed by atoms with E-state index >= 15 is 0 Å². The highest BCUT2D eigenvalue weighted by Gasteiger charge is 2.19. The van der Waals surface area contributed by atoms with Crippen molar-refractivity contribution in [1.82, 2.24) is 10.6 Å². The smallest absolute Gasteiger partial charge is 0.220 e. The Morgan fingerprint density at radius 1 is 1.29 bits per heavy atom. The van der Waals surface area contributed by atoms with E-state index in [-0.39, 0.29) is 17.4 Å². The molecule has 0 aromatic rings. The average molecular weight is 244 g/mol. The van der Waals surface area contributed by atoms with E-state index in [2.05, 4.69) is 31.4 Å². The summed E-state index contributed by atoms with van der Waals surface area (Å²) in [5.74, 6) is -0.00767. The van der Waals surface area contributed by atoms with Crippen molar-refractivity contribution in [1.29, 1.82) is 0 Å². The fraction of sp³-hybridized carbons (Fsp3) is 0.923. The molecule has 0 heterocycles. The first-order chi connectivity index (χ1) is 7.80. The number of hydrogen-bond donors (Lipinski definition) is 3. The Morgan fingerprint density at radius 3 is 2.29 bits per heavy atom. The number of aliphatic hydroxyl groups is 1. The number of amides is 1. The van der Waals surface area contributed by atoms with E-state index in [0.29, 0.717) is 13.0 Å². The Hall–Kier alpha value is -0.610. The highest BCUT2D eigenvalue weighted by molar-refractivity contribution is 5.75. The summed E-state index contributed by atoms with van der Waals surface area (Å²) in [7, 11) is 0. The topological polar surface area (TPSA) is 61.4 Å². The molecular formula is C13H28N2O2. The highest BCUT2D eigenvalue weighted by Crippen LogP contribution is 2.10. The first kappa shape index (κ1) is 16.4. The predicted octanol–water partition coefficient (Wildman–Crippen LogP) is 1.29. The molecule has 0 aliphatic carbocycles. The summed E-state index contributed by atoms with van der Waals surface area (Å²) >= 11 is 0. The lowest BCUT2D eigenvalue weighted by Crippen LogP contribution is -2.47. The van der Waals surface area contributed by atoms with Gasteiger partial charge in [0.15, 0.2) is 0 Å². The van der Waals surface area contributed by atoms with Crippen molar-refractivity contribution in [3.8, 4) is 0 Å². The first-order valence-corrected chi connectivity index (χ1v) is 6.48. The third-order valence-corrected chi connectivity index (χ3v) is 2.58. The van der Waals surface area contributed by atoms with E-state index in [1.165, 1.54) is 0 Å². The molecule has 102 valence electrons. The second-order valence-corrected chi connectivity index (χ2v) is 5.69. The van der Waals surface area contributed by atoms with Crippen LogP contribution < -0.4 is 10.6 Å². The molecule has 1 unspecified atom stereocenters. The molecule has 2 atom stereocenters. The molecule has 0 saturated carbocycles. The van der Waals surface area contributed by atoms with Gasteiger partial charge in [-0.15, -0.1) is 0 Å². The quantitative estimate of drug-likeness (QED) is 0.632. The Balaban J connectivity index is 4.00. The van der Waals surface area contributed by atoms with Crippen LogP contribution in [0.25, 0.3) is 0 Å². The molecule has 0 bridgehead atoms. The van der Waals surface area contributed by atoms with E-state index in [1.807, 2.05) is 13.8 Å². The molecule has 0 fully saturated rings. The monoisotopic (exact) mass is 244 g/mol. The maximum atomic E-state index is 11.3. The van der Waals surface area contributed by atoms with Crippen molar-refractivity contribution >= 4 is 5.91 Å². The minimum absolute atomic E-state index is 0.00767. The van der Waals surface area contributed by atoms with Crippen molar-refractivity contribution in [2.45, 2.75) is 59.6 Å². The third kappa shape index (κ3) is 8.16. The minimum atomic E-state index is -0.530. The van der Waals surface area contributed by atoms with Crippen LogP contribution in [0.2, 0.25) is 0 Å². The number of aliphatic hydroxyl groups excluding tert-OH is 1. The largest absolute Gasteiger partial charge is 0.390 e. The van der Waals surface area contributed by atoms with E-state index < -0.39 is 6.10 Å². The zero-order chi connectivity index (χ0) is 13.5. The molecule has 0 aliphatic rings. The van der Waals surface area contributed by atoms with Crippen LogP contribution in [0.15, 0.2) is 0 Å². The normalized spacial score (nSPS) is 15.4. The molecule has 0 aliphatic heterocycles. The van der Waals surface area contributed by atoms with Gasteiger partial charge >= 0.3 is 0 Å². The Bertz CT molecular complexity index is 224. The van der Waals surface area contributed by atoms with Gasteiger partial charge in [0, 0.05) is 19.5 Å². The van der Waals surface area contributed by atoms with E-state index in [4.69, 9.17) is 0 Å². The summed E-state index contributed by atoms with van der Waals surface area (Å²) in [4.78, 5) is 11.3. The number of nitrogens with one attached hydrogen (secondary N) is 2. The summed E-state index contributed by atoms with van der Waals surface area (Å²) in [5.41, 5.74) is 0.202. The van der Waals surface area contributed by atoms with Gasteiger partial charge in [0.2, 0.25) is 5.91 Å². The first-order valence-electron chi connectivity index (χ1n) is 6.48. The van der Waals surface area contributed by atoms with Crippen molar-refractivity contribution < 1.29 is 9.90 Å². The van der Waals surface area contributed by atoms with Gasteiger partial charge in [0.25, 0.3) is 0 Å². The van der Waals surface area contributed by atoms with Gasteiger partial charge in [-0.25, -0.2) is 0 Å². The molecule has 0 aromatic carbocycles. The molecule has 17 heavy (non-hydrogen) atoms. The zero-order valence-corrected chi connectivity index (χ0v) is 11.8. The maximum absolute atomic E-state index is 11.3. The van der Waals surface area contributed by atoms with Gasteiger partial charge < -0.3 is 15.7 Å². The van der Waals surface area contributed by atoms with Crippen molar-refractivity contribution in [3.05, 3.63) is 0 Å². The summed E-state index contributed by atoms with van der Waals surface area (Å²) in [6, 6.07) is -0.157. The van der Waals surface area contributed by atoms with Gasteiger partial charge in [-0.3, -0.25) is 4.79 Å². The van der Waals surface area contributed by atoms with Crippen molar-refractivity contribution in [2.75, 3.05) is 13.1 Å². The second-order valence-electron chi connectivity index (χ2n) is 5.69. The molecule has 0 radical (unpaired) electrons. The van der Waals surface area contributed by atoms with Crippen LogP contribution in [0.1, 0.15) is 47.5 Å². The van der Waals surface area contributed by atoms with Crippen molar-refractivity contribution in [3.63, 3.8) is 0 Å². The van der Waals surface area contributed by atoms with E-state index in [0.717, 1.165) is 13.0 Å². The van der Waals surface area contributed by atoms with Gasteiger partial charge in [0.05, 0.1) is 12.1 Å². The molecular weight excluding hydrogens is 216 g/mol. The number of carbonyl (C=O) groups excluding carboxylic acids is 1. The average Bonchev–Trinajstić information content (AvgIpc) is 2.23. The Morgan fingerprint density at radius 2 is 1.88 bits per heavy atom. The third-order valence-electron chi connectivity index (χ3n) is 2.58. The van der Waals surface area contributed by atoms with Gasteiger partial charge in [0.1, 0.15) is 0 Å². The van der Waals surface area contributed by atoms with Crippen LogP contribution in [-0.2, 0) is 4.79 Å². The number of hydrogen-bond acceptors (Lipinski definition) is 3. The SMILES string of the molecule is CCC(=O)N[C@H](CC)C(O)CNCC(C)(C)C. The second kappa shape index (κ2) is 7.67. The van der Waals surface area contributed by atoms with E-state index in [9.17, 15) is 9.90 Å². The molecule has 3 N–H and O–H groups in total.